The van der Waals surface area contributed by atoms with Crippen molar-refractivity contribution in [3.8, 4) is 0 Å². The molecule has 12 heteroatoms. The molecule has 0 radical (unpaired) electrons. The maximum absolute atomic E-state index is 11.7. The van der Waals surface area contributed by atoms with Crippen LogP contribution in [0.2, 0.25) is 0 Å². The van der Waals surface area contributed by atoms with Crippen molar-refractivity contribution in [3.63, 3.8) is 0 Å². The highest BCUT2D eigenvalue weighted by Gasteiger charge is 2.14. The normalized spacial score (nSPS) is 10.1. The first-order valence-electron chi connectivity index (χ1n) is 5.28. The van der Waals surface area contributed by atoms with E-state index in [2.05, 4.69) is 20.6 Å². The summed E-state index contributed by atoms with van der Waals surface area (Å²) < 4.78 is 0. The minimum Gasteiger partial charge on any atom is -0.465 e. The Labute approximate surface area is 124 Å². The Bertz CT molecular complexity index is 696. The number of rotatable bonds is 5. The summed E-state index contributed by atoms with van der Waals surface area (Å²) in [6, 6.07) is 0. The number of hydrogen-bond acceptors (Lipinski definition) is 8. The van der Waals surface area contributed by atoms with Crippen molar-refractivity contribution < 1.29 is 19.6 Å². The fourth-order valence-corrected chi connectivity index (χ4v) is 2.62. The third-order valence-electron chi connectivity index (χ3n) is 2.03. The Morgan fingerprint density at radius 1 is 1.38 bits per heavy atom. The number of carboxylic acid groups (broad SMARTS) is 1. The Morgan fingerprint density at radius 2 is 2.14 bits per heavy atom. The van der Waals surface area contributed by atoms with Crippen molar-refractivity contribution >= 4 is 49.9 Å². The zero-order valence-electron chi connectivity index (χ0n) is 10.1. The summed E-state index contributed by atoms with van der Waals surface area (Å²) in [5.74, 6) is -0.452. The molecular formula is C9H7N5O5S2. The van der Waals surface area contributed by atoms with E-state index in [1.165, 1.54) is 5.38 Å². The van der Waals surface area contributed by atoms with Crippen LogP contribution < -0.4 is 10.6 Å². The lowest BCUT2D eigenvalue weighted by molar-refractivity contribution is -0.380. The van der Waals surface area contributed by atoms with Gasteiger partial charge in [-0.15, -0.1) is 11.3 Å². The highest BCUT2D eigenvalue weighted by molar-refractivity contribution is 7.18. The Kier molecular flexibility index (Phi) is 4.39. The van der Waals surface area contributed by atoms with Crippen LogP contribution in [0.15, 0.2) is 11.6 Å². The molecule has 0 bridgehead atoms. The quantitative estimate of drug-likeness (QED) is 0.559. The molecule has 2 amide bonds. The number of aromatic nitrogens is 2. The molecule has 0 saturated heterocycles. The highest BCUT2D eigenvalue weighted by atomic mass is 32.1. The minimum absolute atomic E-state index is 0.0921. The standard InChI is InChI=1S/C9H7N5O5S2/c15-5(12-7-10-2-6(21-7)14(18)19)1-4-3-20-8(11-4)13-9(16)17/h2-3H,1H2,(H,11,13)(H,16,17)(H,10,12,15). The Morgan fingerprint density at radius 3 is 2.76 bits per heavy atom. The second kappa shape index (κ2) is 6.23. The maximum Gasteiger partial charge on any atom is 0.410 e. The van der Waals surface area contributed by atoms with E-state index in [4.69, 9.17) is 5.11 Å². The van der Waals surface area contributed by atoms with Crippen LogP contribution in [0.4, 0.5) is 20.1 Å². The summed E-state index contributed by atoms with van der Waals surface area (Å²) in [5, 5.41) is 25.1. The summed E-state index contributed by atoms with van der Waals surface area (Å²) in [6.45, 7) is 0. The molecule has 110 valence electrons. The van der Waals surface area contributed by atoms with Gasteiger partial charge in [0.2, 0.25) is 5.91 Å². The number of nitrogens with zero attached hydrogens (tertiary/aromatic N) is 3. The van der Waals surface area contributed by atoms with Crippen LogP contribution in [0.3, 0.4) is 0 Å². The number of nitrogens with one attached hydrogen (secondary N) is 2. The first kappa shape index (κ1) is 14.8. The first-order chi connectivity index (χ1) is 9.94. The molecule has 2 rings (SSSR count). The van der Waals surface area contributed by atoms with Gasteiger partial charge in [-0.3, -0.25) is 20.2 Å². The SMILES string of the molecule is O=C(O)Nc1nc(CC(=O)Nc2ncc([N+](=O)[O-])s2)cs1. The van der Waals surface area contributed by atoms with Gasteiger partial charge in [-0.2, -0.15) is 0 Å². The third kappa shape index (κ3) is 4.19. The van der Waals surface area contributed by atoms with Crippen molar-refractivity contribution in [2.45, 2.75) is 6.42 Å². The van der Waals surface area contributed by atoms with Crippen molar-refractivity contribution in [3.05, 3.63) is 27.4 Å². The van der Waals surface area contributed by atoms with E-state index in [1.54, 1.807) is 0 Å². The molecule has 0 saturated carbocycles. The van der Waals surface area contributed by atoms with Crippen LogP contribution in [0.1, 0.15) is 5.69 Å². The van der Waals surface area contributed by atoms with Crippen molar-refractivity contribution in [2.24, 2.45) is 0 Å². The molecule has 0 fully saturated rings. The number of thiazole rings is 2. The number of carbonyl (C=O) groups excluding carboxylic acids is 1. The summed E-state index contributed by atoms with van der Waals surface area (Å²) in [4.78, 5) is 39.6. The number of carbonyl (C=O) groups is 2. The molecule has 10 nitrogen and oxygen atoms in total. The van der Waals surface area contributed by atoms with Gasteiger partial charge in [0.25, 0.3) is 0 Å². The van der Waals surface area contributed by atoms with Crippen LogP contribution in [-0.2, 0) is 11.2 Å². The van der Waals surface area contributed by atoms with Gasteiger partial charge in [-0.1, -0.05) is 0 Å². The molecule has 0 spiro atoms. The van der Waals surface area contributed by atoms with E-state index < -0.39 is 16.9 Å². The summed E-state index contributed by atoms with van der Waals surface area (Å²) in [5.41, 5.74) is 0.382. The zero-order valence-corrected chi connectivity index (χ0v) is 11.7. The average molecular weight is 329 g/mol. The van der Waals surface area contributed by atoms with E-state index in [0.717, 1.165) is 28.9 Å². The number of anilines is 2. The van der Waals surface area contributed by atoms with E-state index in [0.29, 0.717) is 5.69 Å². The number of nitro groups is 1. The molecule has 0 aliphatic heterocycles. The van der Waals surface area contributed by atoms with Gasteiger partial charge < -0.3 is 10.4 Å². The third-order valence-corrected chi connectivity index (χ3v) is 3.70. The van der Waals surface area contributed by atoms with Gasteiger partial charge >= 0.3 is 11.1 Å². The molecule has 0 aromatic carbocycles. The van der Waals surface area contributed by atoms with Crippen LogP contribution in [0.25, 0.3) is 0 Å². The van der Waals surface area contributed by atoms with E-state index in [1.807, 2.05) is 0 Å². The van der Waals surface area contributed by atoms with Crippen molar-refractivity contribution in [1.82, 2.24) is 9.97 Å². The lowest BCUT2D eigenvalue weighted by Gasteiger charge is -1.98. The second-order valence-electron chi connectivity index (χ2n) is 3.56. The molecule has 0 atom stereocenters. The highest BCUT2D eigenvalue weighted by Crippen LogP contribution is 2.25. The first-order valence-corrected chi connectivity index (χ1v) is 6.98. The number of amides is 2. The van der Waals surface area contributed by atoms with Crippen molar-refractivity contribution in [1.29, 1.82) is 0 Å². The average Bonchev–Trinajstić information content (AvgIpc) is 2.98. The molecule has 0 aliphatic carbocycles. The molecule has 3 N–H and O–H groups in total. The summed E-state index contributed by atoms with van der Waals surface area (Å²) >= 11 is 1.79. The lowest BCUT2D eigenvalue weighted by atomic mass is 10.3. The molecule has 2 aromatic rings. The monoisotopic (exact) mass is 329 g/mol. The molecule has 21 heavy (non-hydrogen) atoms. The van der Waals surface area contributed by atoms with Gasteiger partial charge in [0.15, 0.2) is 10.3 Å². The largest absolute Gasteiger partial charge is 0.465 e. The van der Waals surface area contributed by atoms with Crippen LogP contribution >= 0.6 is 22.7 Å². The fourth-order valence-electron chi connectivity index (χ4n) is 1.27. The predicted octanol–water partition coefficient (Wildman–Crippen LogP) is 1.78. The zero-order chi connectivity index (χ0) is 15.4. The predicted molar refractivity (Wildman–Crippen MR) is 74.9 cm³/mol. The van der Waals surface area contributed by atoms with Gasteiger partial charge in [0.1, 0.15) is 6.20 Å². The Hall–Kier alpha value is -2.60. The van der Waals surface area contributed by atoms with E-state index >= 15 is 0 Å². The smallest absolute Gasteiger partial charge is 0.410 e. The lowest BCUT2D eigenvalue weighted by Crippen LogP contribution is -2.14. The maximum atomic E-state index is 11.7. The molecule has 2 heterocycles. The van der Waals surface area contributed by atoms with Gasteiger partial charge in [-0.25, -0.2) is 14.8 Å². The van der Waals surface area contributed by atoms with Crippen LogP contribution in [0.5, 0.6) is 0 Å². The van der Waals surface area contributed by atoms with Crippen LogP contribution in [0, 0.1) is 10.1 Å². The minimum atomic E-state index is -1.24. The fraction of sp³-hybridized carbons (Fsp3) is 0.111. The number of hydrogen-bond donors (Lipinski definition) is 3. The van der Waals surface area contributed by atoms with Gasteiger partial charge in [-0.05, 0) is 11.3 Å². The van der Waals surface area contributed by atoms with E-state index in [-0.39, 0.29) is 21.7 Å². The van der Waals surface area contributed by atoms with Gasteiger partial charge in [0.05, 0.1) is 17.0 Å². The molecule has 2 aromatic heterocycles. The van der Waals surface area contributed by atoms with Crippen molar-refractivity contribution in [2.75, 3.05) is 10.6 Å². The molecule has 0 unspecified atom stereocenters. The molecule has 0 aliphatic rings. The van der Waals surface area contributed by atoms with Crippen LogP contribution in [-0.4, -0.2) is 32.0 Å². The topological polar surface area (TPSA) is 147 Å². The van der Waals surface area contributed by atoms with E-state index in [9.17, 15) is 19.7 Å². The molecular weight excluding hydrogens is 322 g/mol. The Balaban J connectivity index is 1.93. The van der Waals surface area contributed by atoms with Gasteiger partial charge in [0, 0.05) is 5.38 Å². The summed E-state index contributed by atoms with van der Waals surface area (Å²) in [7, 11) is 0. The second-order valence-corrected chi connectivity index (χ2v) is 5.43. The summed E-state index contributed by atoms with van der Waals surface area (Å²) in [6.07, 6.45) is -0.279.